The predicted octanol–water partition coefficient (Wildman–Crippen LogP) is 6.35. The van der Waals surface area contributed by atoms with Crippen molar-refractivity contribution in [3.63, 3.8) is 0 Å². The monoisotopic (exact) mass is 629 g/mol. The van der Waals surface area contributed by atoms with E-state index in [0.29, 0.717) is 37.4 Å². The van der Waals surface area contributed by atoms with Crippen molar-refractivity contribution in [1.29, 1.82) is 0 Å². The number of aromatic nitrogens is 5. The maximum absolute atomic E-state index is 13.1. The highest BCUT2D eigenvalue weighted by atomic mass is 35.5. The Morgan fingerprint density at radius 2 is 1.77 bits per heavy atom. The van der Waals surface area contributed by atoms with Crippen LogP contribution in [-0.2, 0) is 11.3 Å². The number of nitrogens with one attached hydrogen (secondary N) is 2. The smallest absolute Gasteiger partial charge is 0.252 e. The molecule has 0 atom stereocenters. The maximum atomic E-state index is 13.1. The molecule has 2 heterocycles. The van der Waals surface area contributed by atoms with Crippen molar-refractivity contribution in [1.82, 2.24) is 30.3 Å². The third kappa shape index (κ3) is 6.58. The molecule has 0 radical (unpaired) electrons. The van der Waals surface area contributed by atoms with Gasteiger partial charge in [-0.1, -0.05) is 101 Å². The number of nitrogens with zero attached hydrogens (tertiary/aromatic N) is 5. The Balaban J connectivity index is 1.34. The van der Waals surface area contributed by atoms with Crippen LogP contribution in [0.15, 0.2) is 70.2 Å². The molecule has 0 fully saturated rings. The van der Waals surface area contributed by atoms with Crippen LogP contribution in [0.3, 0.4) is 0 Å². The molecule has 0 spiro atoms. The van der Waals surface area contributed by atoms with Crippen LogP contribution in [0.2, 0.25) is 10.0 Å². The molecular weight excluding hydrogens is 609 g/mol. The van der Waals surface area contributed by atoms with Gasteiger partial charge in [0.1, 0.15) is 0 Å². The number of carbonyl (C=O) groups is 2. The number of amides is 2. The van der Waals surface area contributed by atoms with Gasteiger partial charge in [0.15, 0.2) is 15.3 Å². The van der Waals surface area contributed by atoms with Gasteiger partial charge in [-0.15, -0.1) is 20.4 Å². The Morgan fingerprint density at radius 1 is 0.950 bits per heavy atom. The van der Waals surface area contributed by atoms with Gasteiger partial charge in [0.05, 0.1) is 28.0 Å². The van der Waals surface area contributed by atoms with E-state index in [4.69, 9.17) is 23.2 Å². The highest BCUT2D eigenvalue weighted by Gasteiger charge is 2.19. The molecule has 5 aromatic rings. The zero-order chi connectivity index (χ0) is 28.1. The lowest BCUT2D eigenvalue weighted by Gasteiger charge is -2.12. The van der Waals surface area contributed by atoms with E-state index in [-0.39, 0.29) is 24.1 Å². The summed E-state index contributed by atoms with van der Waals surface area (Å²) in [4.78, 5) is 25.8. The summed E-state index contributed by atoms with van der Waals surface area (Å²) in [6, 6.07) is 18.4. The summed E-state index contributed by atoms with van der Waals surface area (Å²) >= 11 is 16.5. The molecule has 204 valence electrons. The van der Waals surface area contributed by atoms with Crippen molar-refractivity contribution in [2.75, 3.05) is 16.8 Å². The van der Waals surface area contributed by atoms with E-state index in [1.165, 1.54) is 23.1 Å². The standard InChI is InChI=1S/C26H21Cl2N7O2S3/c1-2-38-26-34-32-24(40-26)30-22(36)14-39-25-33-31-21(35(25)16-10-11-19(27)20(28)12-16)13-29-23(37)18-9-5-7-15-6-3-4-8-17(15)18/h3-12H,2,13-14H2,1H3,(H,29,37)(H,30,32,36). The highest BCUT2D eigenvalue weighted by Crippen LogP contribution is 2.29. The summed E-state index contributed by atoms with van der Waals surface area (Å²) in [7, 11) is 0. The number of anilines is 1. The lowest BCUT2D eigenvalue weighted by atomic mass is 10.0. The van der Waals surface area contributed by atoms with Gasteiger partial charge in [0.2, 0.25) is 11.0 Å². The van der Waals surface area contributed by atoms with Crippen molar-refractivity contribution in [2.24, 2.45) is 0 Å². The summed E-state index contributed by atoms with van der Waals surface area (Å²) in [6.45, 7) is 2.11. The van der Waals surface area contributed by atoms with Crippen molar-refractivity contribution in [3.8, 4) is 5.69 Å². The summed E-state index contributed by atoms with van der Waals surface area (Å²) in [5, 5.41) is 25.8. The second-order valence-corrected chi connectivity index (χ2v) is 12.4. The van der Waals surface area contributed by atoms with Crippen LogP contribution in [0.4, 0.5) is 5.13 Å². The van der Waals surface area contributed by atoms with Gasteiger partial charge >= 0.3 is 0 Å². The molecule has 0 saturated heterocycles. The van der Waals surface area contributed by atoms with E-state index in [1.807, 2.05) is 43.3 Å². The first-order valence-electron chi connectivity index (χ1n) is 12.0. The Hall–Kier alpha value is -3.16. The first-order valence-corrected chi connectivity index (χ1v) is 15.5. The van der Waals surface area contributed by atoms with Gasteiger partial charge in [-0.05, 0) is 40.8 Å². The summed E-state index contributed by atoms with van der Waals surface area (Å²) in [5.41, 5.74) is 1.20. The van der Waals surface area contributed by atoms with Crippen LogP contribution in [0, 0.1) is 0 Å². The third-order valence-electron chi connectivity index (χ3n) is 5.56. The van der Waals surface area contributed by atoms with Crippen LogP contribution < -0.4 is 10.6 Å². The average Bonchev–Trinajstić information content (AvgIpc) is 3.58. The highest BCUT2D eigenvalue weighted by molar-refractivity contribution is 8.01. The van der Waals surface area contributed by atoms with E-state index in [0.717, 1.165) is 20.9 Å². The van der Waals surface area contributed by atoms with Crippen LogP contribution in [0.5, 0.6) is 0 Å². The van der Waals surface area contributed by atoms with Crippen molar-refractivity contribution in [3.05, 3.63) is 82.1 Å². The molecule has 0 aliphatic rings. The largest absolute Gasteiger partial charge is 0.345 e. The van der Waals surface area contributed by atoms with Gasteiger partial charge in [0, 0.05) is 5.56 Å². The SMILES string of the molecule is CCSc1nnc(NC(=O)CSc2nnc(CNC(=O)c3cccc4ccccc34)n2-c2ccc(Cl)c(Cl)c2)s1. The minimum Gasteiger partial charge on any atom is -0.345 e. The quantitative estimate of drug-likeness (QED) is 0.136. The first kappa shape index (κ1) is 28.4. The molecule has 3 aromatic carbocycles. The predicted molar refractivity (Wildman–Crippen MR) is 162 cm³/mol. The Labute approximate surface area is 252 Å². The maximum Gasteiger partial charge on any atom is 0.252 e. The Kier molecular flexibility index (Phi) is 9.22. The molecular formula is C26H21Cl2N7O2S3. The fourth-order valence-corrected chi connectivity index (χ4v) is 6.53. The topological polar surface area (TPSA) is 115 Å². The Bertz CT molecular complexity index is 1690. The van der Waals surface area contributed by atoms with Crippen LogP contribution in [0.25, 0.3) is 16.5 Å². The van der Waals surface area contributed by atoms with Gasteiger partial charge in [0.25, 0.3) is 5.91 Å². The van der Waals surface area contributed by atoms with Gasteiger partial charge in [-0.2, -0.15) is 0 Å². The number of benzene rings is 3. The molecule has 14 heteroatoms. The number of hydrogen-bond acceptors (Lipinski definition) is 9. The second-order valence-electron chi connectivity index (χ2n) is 8.18. The van der Waals surface area contributed by atoms with Crippen LogP contribution >= 0.6 is 58.1 Å². The summed E-state index contributed by atoms with van der Waals surface area (Å²) in [5.74, 6) is 0.876. The number of thioether (sulfide) groups is 2. The molecule has 5 rings (SSSR count). The number of halogens is 2. The van der Waals surface area contributed by atoms with Crippen molar-refractivity contribution < 1.29 is 9.59 Å². The van der Waals surface area contributed by atoms with Crippen LogP contribution in [-0.4, -0.2) is 48.3 Å². The molecule has 0 saturated carbocycles. The summed E-state index contributed by atoms with van der Waals surface area (Å²) < 4.78 is 2.53. The minimum atomic E-state index is -0.260. The van der Waals surface area contributed by atoms with E-state index in [2.05, 4.69) is 31.0 Å². The van der Waals surface area contributed by atoms with Gasteiger partial charge < -0.3 is 5.32 Å². The minimum absolute atomic E-state index is 0.0532. The molecule has 2 N–H and O–H groups in total. The summed E-state index contributed by atoms with van der Waals surface area (Å²) in [6.07, 6.45) is 0. The van der Waals surface area contributed by atoms with Crippen LogP contribution in [0.1, 0.15) is 23.1 Å². The fourth-order valence-electron chi connectivity index (χ4n) is 3.80. The zero-order valence-electron chi connectivity index (χ0n) is 20.9. The van der Waals surface area contributed by atoms with Gasteiger partial charge in [-0.25, -0.2) is 0 Å². The number of hydrogen-bond donors (Lipinski definition) is 2. The molecule has 9 nitrogen and oxygen atoms in total. The lowest BCUT2D eigenvalue weighted by molar-refractivity contribution is -0.113. The van der Waals surface area contributed by atoms with E-state index < -0.39 is 0 Å². The third-order valence-corrected chi connectivity index (χ3v) is 9.08. The number of rotatable bonds is 10. The van der Waals surface area contributed by atoms with E-state index >= 15 is 0 Å². The fraction of sp³-hybridized carbons (Fsp3) is 0.154. The number of fused-ring (bicyclic) bond motifs is 1. The second kappa shape index (κ2) is 13.0. The molecule has 0 unspecified atom stereocenters. The molecule has 2 amide bonds. The molecule has 2 aromatic heterocycles. The first-order chi connectivity index (χ1) is 19.4. The molecule has 0 aliphatic carbocycles. The van der Waals surface area contributed by atoms with Gasteiger partial charge in [-0.3, -0.25) is 19.5 Å². The molecule has 0 aliphatic heterocycles. The van der Waals surface area contributed by atoms with E-state index in [1.54, 1.807) is 40.6 Å². The zero-order valence-corrected chi connectivity index (χ0v) is 24.9. The normalized spacial score (nSPS) is 11.1. The molecule has 40 heavy (non-hydrogen) atoms. The van der Waals surface area contributed by atoms with E-state index in [9.17, 15) is 9.59 Å². The number of carbonyl (C=O) groups excluding carboxylic acids is 2. The molecule has 0 bridgehead atoms. The van der Waals surface area contributed by atoms with Crippen molar-refractivity contribution in [2.45, 2.75) is 23.0 Å². The average molecular weight is 631 g/mol. The van der Waals surface area contributed by atoms with Crippen molar-refractivity contribution >= 4 is 85.8 Å². The Morgan fingerprint density at radius 3 is 2.60 bits per heavy atom. The lowest BCUT2D eigenvalue weighted by Crippen LogP contribution is -2.25.